The summed E-state index contributed by atoms with van der Waals surface area (Å²) in [6, 6.07) is 4.76. The van der Waals surface area contributed by atoms with E-state index in [-0.39, 0.29) is 22.8 Å². The third-order valence-corrected chi connectivity index (χ3v) is 2.70. The van der Waals surface area contributed by atoms with Crippen molar-refractivity contribution in [3.63, 3.8) is 0 Å². The number of aromatic carboxylic acids is 1. The van der Waals surface area contributed by atoms with Gasteiger partial charge in [-0.05, 0) is 36.4 Å². The Hall–Kier alpha value is -4.02. The van der Waals surface area contributed by atoms with Crippen molar-refractivity contribution in [1.82, 2.24) is 24.9 Å². The second-order valence-corrected chi connectivity index (χ2v) is 4.81. The van der Waals surface area contributed by atoms with Gasteiger partial charge in [0.25, 0.3) is 0 Å². The molecule has 0 unspecified atom stereocenters. The number of pyridine rings is 1. The van der Waals surface area contributed by atoms with Gasteiger partial charge in [0.2, 0.25) is 0 Å². The van der Waals surface area contributed by atoms with Crippen LogP contribution in [-0.2, 0) is 9.59 Å². The van der Waals surface area contributed by atoms with E-state index in [9.17, 15) is 24.6 Å². The number of aromatic nitrogens is 5. The Kier molecular flexibility index (Phi) is 13.0. The van der Waals surface area contributed by atoms with Gasteiger partial charge in [0, 0.05) is 18.6 Å². The predicted octanol–water partition coefficient (Wildman–Crippen LogP) is -1.26. The molecule has 0 amide bonds. The van der Waals surface area contributed by atoms with Gasteiger partial charge in [-0.2, -0.15) is 0 Å². The van der Waals surface area contributed by atoms with Gasteiger partial charge >= 0.3 is 23.0 Å². The van der Waals surface area contributed by atoms with E-state index < -0.39 is 17.9 Å². The van der Waals surface area contributed by atoms with Crippen LogP contribution in [0.15, 0.2) is 61.6 Å². The number of hydrogen-bond donors (Lipinski definition) is 3. The molecule has 30 heavy (non-hydrogen) atoms. The quantitative estimate of drug-likeness (QED) is 0.298. The van der Waals surface area contributed by atoms with Crippen LogP contribution in [0, 0.1) is 0 Å². The molecule has 3 aromatic heterocycles. The molecule has 3 rings (SSSR count). The molecule has 0 saturated heterocycles. The molecule has 0 spiro atoms. The number of nitrogens with zero attached hydrogens (tertiary/aromatic N) is 3. The molecule has 0 atom stereocenters. The molecule has 0 bridgehead atoms. The maximum absolute atomic E-state index is 10.1. The molecular formula is C18H15N5O6Se. The second kappa shape index (κ2) is 15.0. The predicted molar refractivity (Wildman–Crippen MR) is 102 cm³/mol. The Labute approximate surface area is 180 Å². The molecule has 0 aromatic carbocycles. The molecule has 0 aliphatic carbocycles. The maximum Gasteiger partial charge on any atom is 2.00 e. The first-order valence-electron chi connectivity index (χ1n) is 7.78. The van der Waals surface area contributed by atoms with Gasteiger partial charge in [-0.1, -0.05) is 6.07 Å². The Morgan fingerprint density at radius 3 is 1.63 bits per heavy atom. The minimum Gasteiger partial charge on any atom is -0.545 e. The number of H-pyrrole nitrogens is 2. The van der Waals surface area contributed by atoms with Crippen molar-refractivity contribution in [3.8, 4) is 0 Å². The Balaban J connectivity index is 0.000000414. The second-order valence-electron chi connectivity index (χ2n) is 4.81. The van der Waals surface area contributed by atoms with Crippen molar-refractivity contribution in [1.29, 1.82) is 0 Å². The number of rotatable bonds is 5. The molecule has 3 aromatic rings. The number of imidazole rings is 2. The van der Waals surface area contributed by atoms with Gasteiger partial charge in [0.05, 0.1) is 36.0 Å². The fraction of sp³-hybridized carbons (Fsp3) is 0. The van der Waals surface area contributed by atoms with Crippen LogP contribution in [0.1, 0.15) is 21.9 Å². The van der Waals surface area contributed by atoms with Crippen molar-refractivity contribution >= 4 is 47.1 Å². The summed E-state index contributed by atoms with van der Waals surface area (Å²) in [4.78, 5) is 46.3. The first-order chi connectivity index (χ1) is 13.9. The topological polar surface area (TPSA) is 188 Å². The fourth-order valence-electron chi connectivity index (χ4n) is 1.52. The van der Waals surface area contributed by atoms with Crippen molar-refractivity contribution in [2.24, 2.45) is 0 Å². The molecule has 0 saturated carbocycles. The number of aliphatic carboxylic acids is 2. The standard InChI is InChI=1S/2C6H6N2O2.C6H5NO2.Se/c2*9-6(10)2-1-5-3-7-4-8-5;8-6(9)5-3-1-2-4-7-5;/h2*1-4H,(H,7,8)(H,9,10);1-4H,(H,8,9);/q;;;+2/p-2. The number of carbonyl (C=O) groups excluding carboxylic acids is 2. The van der Waals surface area contributed by atoms with Crippen LogP contribution >= 0.6 is 0 Å². The van der Waals surface area contributed by atoms with E-state index in [2.05, 4.69) is 24.9 Å². The van der Waals surface area contributed by atoms with Crippen LogP contribution in [0.2, 0.25) is 0 Å². The number of carboxylic acid groups (broad SMARTS) is 3. The molecule has 3 heterocycles. The minimum absolute atomic E-state index is 0. The van der Waals surface area contributed by atoms with E-state index in [1.54, 1.807) is 24.5 Å². The van der Waals surface area contributed by atoms with Crippen LogP contribution in [-0.4, -0.2) is 65.0 Å². The molecule has 0 fully saturated rings. The van der Waals surface area contributed by atoms with E-state index in [0.29, 0.717) is 11.4 Å². The van der Waals surface area contributed by atoms with E-state index >= 15 is 0 Å². The normalized spacial score (nSPS) is 9.60. The monoisotopic (exact) mass is 477 g/mol. The average molecular weight is 476 g/mol. The van der Waals surface area contributed by atoms with Crippen LogP contribution in [0.4, 0.5) is 0 Å². The molecule has 0 aliphatic heterocycles. The summed E-state index contributed by atoms with van der Waals surface area (Å²) >= 11 is 0. The molecule has 3 N–H and O–H groups in total. The Bertz CT molecular complexity index is 887. The van der Waals surface area contributed by atoms with Crippen LogP contribution < -0.4 is 10.2 Å². The van der Waals surface area contributed by atoms with Gasteiger partial charge in [-0.25, -0.2) is 19.7 Å². The van der Waals surface area contributed by atoms with E-state index in [1.165, 1.54) is 37.1 Å². The molecular weight excluding hydrogens is 461 g/mol. The minimum atomic E-state index is -1.22. The number of aromatic amines is 2. The summed E-state index contributed by atoms with van der Waals surface area (Å²) in [5.41, 5.74) is 1.23. The van der Waals surface area contributed by atoms with Crippen LogP contribution in [0.3, 0.4) is 0 Å². The van der Waals surface area contributed by atoms with Gasteiger partial charge in [-0.3, -0.25) is 0 Å². The molecule has 11 nitrogen and oxygen atoms in total. The van der Waals surface area contributed by atoms with Crippen LogP contribution in [0.5, 0.6) is 0 Å². The van der Waals surface area contributed by atoms with Crippen LogP contribution in [0.25, 0.3) is 12.2 Å². The summed E-state index contributed by atoms with van der Waals surface area (Å²) in [5.74, 6) is -3.43. The van der Waals surface area contributed by atoms with Gasteiger partial charge in [0.15, 0.2) is 0 Å². The SMILES string of the molecule is O=C(O)c1ccccn1.O=C([O-])C=Cc1c[nH]cn1.O=C([O-])C=Cc1c[nH]cn1.[Se+2]. The molecule has 4 radical (unpaired) electrons. The third kappa shape index (κ3) is 12.4. The number of carboxylic acids is 3. The maximum atomic E-state index is 10.1. The zero-order chi connectivity index (χ0) is 21.5. The largest absolute Gasteiger partial charge is 2.00 e. The van der Waals surface area contributed by atoms with Gasteiger partial charge in [-0.15, -0.1) is 0 Å². The Morgan fingerprint density at radius 2 is 1.37 bits per heavy atom. The Morgan fingerprint density at radius 1 is 0.867 bits per heavy atom. The number of nitrogens with one attached hydrogen (secondary N) is 2. The fourth-order valence-corrected chi connectivity index (χ4v) is 1.52. The summed E-state index contributed by atoms with van der Waals surface area (Å²) in [6.07, 6.45) is 12.1. The van der Waals surface area contributed by atoms with E-state index in [1.807, 2.05) is 0 Å². The average Bonchev–Trinajstić information content (AvgIpc) is 3.40. The van der Waals surface area contributed by atoms with Gasteiger partial charge in [0.1, 0.15) is 5.69 Å². The van der Waals surface area contributed by atoms with E-state index in [4.69, 9.17) is 5.11 Å². The zero-order valence-electron chi connectivity index (χ0n) is 15.2. The summed E-state index contributed by atoms with van der Waals surface area (Å²) in [7, 11) is 0. The third-order valence-electron chi connectivity index (χ3n) is 2.70. The molecule has 0 aliphatic rings. The van der Waals surface area contributed by atoms with Crippen molar-refractivity contribution < 1.29 is 29.7 Å². The number of carbonyl (C=O) groups is 3. The zero-order valence-corrected chi connectivity index (χ0v) is 16.9. The molecule has 154 valence electrons. The first kappa shape index (κ1) is 26.0. The summed E-state index contributed by atoms with van der Waals surface area (Å²) < 4.78 is 0. The first-order valence-corrected chi connectivity index (χ1v) is 7.78. The van der Waals surface area contributed by atoms with Gasteiger partial charge < -0.3 is 34.9 Å². The molecule has 12 heteroatoms. The smallest absolute Gasteiger partial charge is 0.545 e. The number of hydrogen-bond acceptors (Lipinski definition) is 8. The van der Waals surface area contributed by atoms with Crippen molar-refractivity contribution in [2.75, 3.05) is 0 Å². The summed E-state index contributed by atoms with van der Waals surface area (Å²) in [6.45, 7) is 0. The van der Waals surface area contributed by atoms with E-state index in [0.717, 1.165) is 12.2 Å². The van der Waals surface area contributed by atoms with Crippen molar-refractivity contribution in [3.05, 3.63) is 78.7 Å². The van der Waals surface area contributed by atoms with Crippen molar-refractivity contribution in [2.45, 2.75) is 0 Å². The summed E-state index contributed by atoms with van der Waals surface area (Å²) in [5, 5.41) is 28.0.